The molecule has 2 aromatic rings. The number of nitrogens with one attached hydrogen (secondary N) is 1. The number of sulfonamides is 1. The highest BCUT2D eigenvalue weighted by Gasteiger charge is 2.26. The normalized spacial score (nSPS) is 15.1. The third-order valence-corrected chi connectivity index (χ3v) is 6.75. The van der Waals surface area contributed by atoms with Gasteiger partial charge in [-0.15, -0.1) is 12.4 Å². The lowest BCUT2D eigenvalue weighted by atomic mass is 10.0. The molecule has 1 aliphatic rings. The zero-order valence-corrected chi connectivity index (χ0v) is 21.2. The SMILES string of the molecule is CN(C(=O)Cc1ccc(Cl)c(Cl)c1)[C@H](CN1CCCC1)c1cccc(NS(C)(=O)=O)c1.Cl. The molecule has 0 radical (unpaired) electrons. The van der Waals surface area contributed by atoms with Gasteiger partial charge in [0.2, 0.25) is 15.9 Å². The van der Waals surface area contributed by atoms with Gasteiger partial charge in [-0.25, -0.2) is 8.42 Å². The van der Waals surface area contributed by atoms with Crippen LogP contribution in [0.4, 0.5) is 5.69 Å². The van der Waals surface area contributed by atoms with Crippen LogP contribution in [-0.2, 0) is 21.2 Å². The van der Waals surface area contributed by atoms with Gasteiger partial charge in [0.05, 0.1) is 28.8 Å². The molecule has 176 valence electrons. The molecule has 1 heterocycles. The minimum Gasteiger partial charge on any atom is -0.337 e. The number of rotatable bonds is 8. The van der Waals surface area contributed by atoms with Crippen LogP contribution in [0.2, 0.25) is 10.0 Å². The number of likely N-dealkylation sites (N-methyl/N-ethyl adjacent to an activating group) is 1. The molecule has 10 heteroatoms. The van der Waals surface area contributed by atoms with Crippen molar-refractivity contribution in [3.8, 4) is 0 Å². The van der Waals surface area contributed by atoms with E-state index in [1.807, 2.05) is 6.07 Å². The number of hydrogen-bond acceptors (Lipinski definition) is 4. The Labute approximate surface area is 206 Å². The van der Waals surface area contributed by atoms with E-state index in [4.69, 9.17) is 23.2 Å². The number of halogens is 3. The minimum atomic E-state index is -3.39. The van der Waals surface area contributed by atoms with Crippen molar-refractivity contribution >= 4 is 57.2 Å². The van der Waals surface area contributed by atoms with Crippen LogP contribution >= 0.6 is 35.6 Å². The van der Waals surface area contributed by atoms with Gasteiger partial charge in [0.15, 0.2) is 0 Å². The average Bonchev–Trinajstić information content (AvgIpc) is 3.20. The summed E-state index contributed by atoms with van der Waals surface area (Å²) in [5, 5.41) is 0.871. The van der Waals surface area contributed by atoms with Crippen LogP contribution < -0.4 is 4.72 Å². The Morgan fingerprint density at radius 3 is 2.44 bits per heavy atom. The fourth-order valence-electron chi connectivity index (χ4n) is 3.81. The van der Waals surface area contributed by atoms with Gasteiger partial charge in [-0.05, 0) is 61.3 Å². The molecule has 1 saturated heterocycles. The van der Waals surface area contributed by atoms with E-state index in [1.54, 1.807) is 48.3 Å². The van der Waals surface area contributed by atoms with E-state index < -0.39 is 10.0 Å². The summed E-state index contributed by atoms with van der Waals surface area (Å²) in [6.45, 7) is 2.67. The van der Waals surface area contributed by atoms with Gasteiger partial charge in [0, 0.05) is 19.3 Å². The second-order valence-corrected chi connectivity index (χ2v) is 10.5. The lowest BCUT2D eigenvalue weighted by Gasteiger charge is -2.32. The summed E-state index contributed by atoms with van der Waals surface area (Å²) in [5.41, 5.74) is 2.15. The van der Waals surface area contributed by atoms with Gasteiger partial charge in [-0.2, -0.15) is 0 Å². The standard InChI is InChI=1S/C22H27Cl2N3O3S.ClH/c1-26(22(28)13-16-8-9-19(23)20(24)12-16)21(15-27-10-3-4-11-27)17-6-5-7-18(14-17)25-31(2,29)30;/h5-9,12,14,21,25H,3-4,10-11,13,15H2,1-2H3;1H/t21-;/m1./s1. The highest BCUT2D eigenvalue weighted by atomic mass is 35.5. The number of benzene rings is 2. The van der Waals surface area contributed by atoms with Gasteiger partial charge in [-0.1, -0.05) is 41.4 Å². The van der Waals surface area contributed by atoms with Crippen LogP contribution in [-0.4, -0.2) is 57.1 Å². The van der Waals surface area contributed by atoms with Crippen LogP contribution in [0.1, 0.15) is 30.0 Å². The van der Waals surface area contributed by atoms with Crippen LogP contribution in [0.3, 0.4) is 0 Å². The second kappa shape index (κ2) is 11.6. The van der Waals surface area contributed by atoms with E-state index in [0.717, 1.165) is 43.3 Å². The van der Waals surface area contributed by atoms with Crippen molar-refractivity contribution in [1.29, 1.82) is 0 Å². The molecule has 0 bridgehead atoms. The molecule has 6 nitrogen and oxygen atoms in total. The molecular formula is C22H28Cl3N3O3S. The van der Waals surface area contributed by atoms with Crippen LogP contribution in [0.15, 0.2) is 42.5 Å². The molecule has 0 aromatic heterocycles. The van der Waals surface area contributed by atoms with E-state index in [2.05, 4.69) is 9.62 Å². The number of carbonyl (C=O) groups excluding carboxylic acids is 1. The third-order valence-electron chi connectivity index (χ3n) is 5.40. The van der Waals surface area contributed by atoms with Crippen LogP contribution in [0.25, 0.3) is 0 Å². The second-order valence-electron chi connectivity index (χ2n) is 7.95. The fraction of sp³-hybridized carbons (Fsp3) is 0.409. The molecule has 0 spiro atoms. The summed E-state index contributed by atoms with van der Waals surface area (Å²) in [5.74, 6) is -0.0518. The largest absolute Gasteiger partial charge is 0.337 e. The van der Waals surface area contributed by atoms with Gasteiger partial charge < -0.3 is 9.80 Å². The lowest BCUT2D eigenvalue weighted by Crippen LogP contribution is -2.39. The fourth-order valence-corrected chi connectivity index (χ4v) is 4.68. The molecule has 0 aliphatic carbocycles. The summed E-state index contributed by atoms with van der Waals surface area (Å²) in [7, 11) is -1.60. The minimum absolute atomic E-state index is 0. The molecule has 1 fully saturated rings. The smallest absolute Gasteiger partial charge is 0.229 e. The quantitative estimate of drug-likeness (QED) is 0.551. The maximum absolute atomic E-state index is 13.1. The Bertz CT molecular complexity index is 1040. The van der Waals surface area contributed by atoms with Gasteiger partial charge in [-0.3, -0.25) is 9.52 Å². The van der Waals surface area contributed by atoms with Crippen molar-refractivity contribution in [3.05, 3.63) is 63.6 Å². The number of likely N-dealkylation sites (tertiary alicyclic amines) is 1. The highest BCUT2D eigenvalue weighted by molar-refractivity contribution is 7.92. The molecule has 1 N–H and O–H groups in total. The summed E-state index contributed by atoms with van der Waals surface area (Å²) >= 11 is 12.1. The van der Waals surface area contributed by atoms with E-state index in [-0.39, 0.29) is 30.8 Å². The predicted molar refractivity (Wildman–Crippen MR) is 134 cm³/mol. The van der Waals surface area contributed by atoms with Gasteiger partial charge in [0.1, 0.15) is 0 Å². The van der Waals surface area contributed by atoms with Crippen molar-refractivity contribution in [3.63, 3.8) is 0 Å². The molecule has 0 saturated carbocycles. The highest BCUT2D eigenvalue weighted by Crippen LogP contribution is 2.27. The van der Waals surface area contributed by atoms with Gasteiger partial charge >= 0.3 is 0 Å². The first-order valence-corrected chi connectivity index (χ1v) is 12.8. The molecule has 3 rings (SSSR count). The summed E-state index contributed by atoms with van der Waals surface area (Å²) < 4.78 is 25.8. The summed E-state index contributed by atoms with van der Waals surface area (Å²) in [6, 6.07) is 12.2. The lowest BCUT2D eigenvalue weighted by molar-refractivity contribution is -0.131. The van der Waals surface area contributed by atoms with Crippen molar-refractivity contribution in [2.24, 2.45) is 0 Å². The Morgan fingerprint density at radius 2 is 1.81 bits per heavy atom. The van der Waals surface area contributed by atoms with Gasteiger partial charge in [0.25, 0.3) is 0 Å². The first-order valence-electron chi connectivity index (χ1n) is 10.1. The maximum atomic E-state index is 13.1. The van der Waals surface area contributed by atoms with E-state index >= 15 is 0 Å². The summed E-state index contributed by atoms with van der Waals surface area (Å²) in [6.07, 6.45) is 3.60. The maximum Gasteiger partial charge on any atom is 0.229 e. The molecule has 1 atom stereocenters. The average molecular weight is 521 g/mol. The Kier molecular flexibility index (Phi) is 9.67. The number of amides is 1. The zero-order valence-electron chi connectivity index (χ0n) is 18.1. The van der Waals surface area contributed by atoms with Crippen LogP contribution in [0, 0.1) is 0 Å². The van der Waals surface area contributed by atoms with Crippen molar-refractivity contribution in [2.45, 2.75) is 25.3 Å². The molecule has 1 aliphatic heterocycles. The molecule has 1 amide bonds. The number of nitrogens with zero attached hydrogens (tertiary/aromatic N) is 2. The van der Waals surface area contributed by atoms with Crippen molar-refractivity contribution in [1.82, 2.24) is 9.80 Å². The van der Waals surface area contributed by atoms with Crippen molar-refractivity contribution in [2.75, 3.05) is 37.7 Å². The topological polar surface area (TPSA) is 69.7 Å². The number of anilines is 1. The predicted octanol–water partition coefficient (Wildman–Crippen LogP) is 4.62. The van der Waals surface area contributed by atoms with E-state index in [9.17, 15) is 13.2 Å². The summed E-state index contributed by atoms with van der Waals surface area (Å²) in [4.78, 5) is 17.2. The van der Waals surface area contributed by atoms with Crippen molar-refractivity contribution < 1.29 is 13.2 Å². The first-order chi connectivity index (χ1) is 14.6. The Morgan fingerprint density at radius 1 is 1.12 bits per heavy atom. The number of hydrogen-bond donors (Lipinski definition) is 1. The monoisotopic (exact) mass is 519 g/mol. The molecule has 2 aromatic carbocycles. The van der Waals surface area contributed by atoms with E-state index in [0.29, 0.717) is 22.3 Å². The first kappa shape index (κ1) is 26.7. The Balaban J connectivity index is 0.00000363. The van der Waals surface area contributed by atoms with E-state index in [1.165, 1.54) is 0 Å². The number of carbonyl (C=O) groups is 1. The zero-order chi connectivity index (χ0) is 22.6. The third kappa shape index (κ3) is 7.52. The molecule has 0 unspecified atom stereocenters. The molecular weight excluding hydrogens is 493 g/mol. The van der Waals surface area contributed by atoms with Crippen LogP contribution in [0.5, 0.6) is 0 Å². The Hall–Kier alpha value is -1.51. The molecule has 32 heavy (non-hydrogen) atoms.